The van der Waals surface area contributed by atoms with Gasteiger partial charge in [-0.05, 0) is 6.92 Å². The summed E-state index contributed by atoms with van der Waals surface area (Å²) < 4.78 is 4.95. The molecule has 2 N–H and O–H groups in total. The molecular weight excluding hydrogens is 174 g/mol. The van der Waals surface area contributed by atoms with Crippen molar-refractivity contribution in [3.63, 3.8) is 0 Å². The number of rotatable bonds is 1. The molecule has 2 heterocycles. The molecule has 1 aliphatic heterocycles. The fraction of sp³-hybridized carbons (Fsp3) is 0.286. The Bertz CT molecular complexity index is 359. The zero-order valence-corrected chi connectivity index (χ0v) is 6.83. The molecule has 0 spiro atoms. The van der Waals surface area contributed by atoms with E-state index in [1.807, 2.05) is 0 Å². The number of oxazole rings is 1. The summed E-state index contributed by atoms with van der Waals surface area (Å²) in [6.45, 7) is 1.53. The highest BCUT2D eigenvalue weighted by Crippen LogP contribution is 2.21. The van der Waals surface area contributed by atoms with Gasteiger partial charge in [0.2, 0.25) is 5.89 Å². The standard InChI is InChI=1S/C7H7N3O3/c1-7(5-8-2-3-13-5)4(11)9-6(12)10-7/h2-3H,1H3,(H2,9,10,11,12). The van der Waals surface area contributed by atoms with Crippen molar-refractivity contribution in [2.45, 2.75) is 12.5 Å². The number of nitrogens with one attached hydrogen (secondary N) is 2. The van der Waals surface area contributed by atoms with Crippen LogP contribution in [-0.2, 0) is 10.3 Å². The van der Waals surface area contributed by atoms with Crippen molar-refractivity contribution < 1.29 is 14.0 Å². The molecule has 68 valence electrons. The maximum absolute atomic E-state index is 11.3. The number of carbonyl (C=O) groups is 2. The Labute approximate surface area is 73.3 Å². The van der Waals surface area contributed by atoms with Crippen LogP contribution >= 0.6 is 0 Å². The van der Waals surface area contributed by atoms with Gasteiger partial charge in [-0.25, -0.2) is 9.78 Å². The molecular formula is C7H7N3O3. The summed E-state index contributed by atoms with van der Waals surface area (Å²) in [5, 5.41) is 4.53. The van der Waals surface area contributed by atoms with E-state index in [0.29, 0.717) is 0 Å². The Balaban J connectivity index is 2.42. The van der Waals surface area contributed by atoms with Gasteiger partial charge in [-0.15, -0.1) is 0 Å². The second-order valence-corrected chi connectivity index (χ2v) is 2.87. The molecule has 1 aliphatic rings. The number of amides is 3. The average molecular weight is 181 g/mol. The Morgan fingerprint density at radius 1 is 1.54 bits per heavy atom. The van der Waals surface area contributed by atoms with Gasteiger partial charge in [0.05, 0.1) is 6.20 Å². The third-order valence-electron chi connectivity index (χ3n) is 1.90. The van der Waals surface area contributed by atoms with E-state index in [2.05, 4.69) is 15.6 Å². The Kier molecular flexibility index (Phi) is 1.39. The van der Waals surface area contributed by atoms with Gasteiger partial charge in [-0.1, -0.05) is 0 Å². The molecule has 1 aromatic rings. The van der Waals surface area contributed by atoms with Gasteiger partial charge >= 0.3 is 6.03 Å². The van der Waals surface area contributed by atoms with E-state index in [-0.39, 0.29) is 5.89 Å². The molecule has 0 bridgehead atoms. The van der Waals surface area contributed by atoms with Crippen LogP contribution in [0, 0.1) is 0 Å². The summed E-state index contributed by atoms with van der Waals surface area (Å²) in [6.07, 6.45) is 2.76. The topological polar surface area (TPSA) is 84.2 Å². The Morgan fingerprint density at radius 3 is 2.77 bits per heavy atom. The minimum atomic E-state index is -1.18. The molecule has 13 heavy (non-hydrogen) atoms. The molecule has 1 saturated heterocycles. The fourth-order valence-electron chi connectivity index (χ4n) is 1.16. The maximum atomic E-state index is 11.3. The second kappa shape index (κ2) is 2.32. The molecule has 0 aliphatic carbocycles. The van der Waals surface area contributed by atoms with Crippen LogP contribution in [0.15, 0.2) is 16.9 Å². The summed E-state index contributed by atoms with van der Waals surface area (Å²) in [7, 11) is 0. The number of nitrogens with zero attached hydrogens (tertiary/aromatic N) is 1. The molecule has 1 unspecified atom stereocenters. The minimum absolute atomic E-state index is 0.177. The SMILES string of the molecule is CC1(c2ncco2)NC(=O)NC1=O. The molecule has 0 aromatic carbocycles. The van der Waals surface area contributed by atoms with Crippen molar-refractivity contribution >= 4 is 11.9 Å². The second-order valence-electron chi connectivity index (χ2n) is 2.87. The first-order valence-electron chi connectivity index (χ1n) is 3.66. The normalized spacial score (nSPS) is 27.2. The summed E-state index contributed by atoms with van der Waals surface area (Å²) in [4.78, 5) is 26.0. The van der Waals surface area contributed by atoms with Crippen LogP contribution in [0.3, 0.4) is 0 Å². The van der Waals surface area contributed by atoms with E-state index < -0.39 is 17.5 Å². The molecule has 0 saturated carbocycles. The van der Waals surface area contributed by atoms with E-state index in [1.54, 1.807) is 0 Å². The highest BCUT2D eigenvalue weighted by molar-refractivity contribution is 6.06. The predicted octanol–water partition coefficient (Wildman–Crippen LogP) is -0.271. The molecule has 6 heteroatoms. The predicted molar refractivity (Wildman–Crippen MR) is 40.5 cm³/mol. The molecule has 1 fully saturated rings. The summed E-state index contributed by atoms with van der Waals surface area (Å²) in [6, 6.07) is -0.536. The van der Waals surface area contributed by atoms with E-state index in [4.69, 9.17) is 4.42 Å². The minimum Gasteiger partial charge on any atom is -0.446 e. The van der Waals surface area contributed by atoms with Crippen LogP contribution in [-0.4, -0.2) is 16.9 Å². The van der Waals surface area contributed by atoms with Crippen molar-refractivity contribution in [1.29, 1.82) is 0 Å². The number of urea groups is 1. The number of hydrogen-bond donors (Lipinski definition) is 2. The molecule has 3 amide bonds. The number of aromatic nitrogens is 1. The smallest absolute Gasteiger partial charge is 0.322 e. The molecule has 6 nitrogen and oxygen atoms in total. The molecule has 1 atom stereocenters. The monoisotopic (exact) mass is 181 g/mol. The number of imide groups is 1. The lowest BCUT2D eigenvalue weighted by Crippen LogP contribution is -2.40. The van der Waals surface area contributed by atoms with E-state index in [1.165, 1.54) is 19.4 Å². The van der Waals surface area contributed by atoms with Crippen LogP contribution < -0.4 is 10.6 Å². The van der Waals surface area contributed by atoms with Crippen molar-refractivity contribution in [2.24, 2.45) is 0 Å². The van der Waals surface area contributed by atoms with Gasteiger partial charge in [0.15, 0.2) is 5.54 Å². The average Bonchev–Trinajstić information content (AvgIpc) is 2.61. The fourth-order valence-corrected chi connectivity index (χ4v) is 1.16. The van der Waals surface area contributed by atoms with Crippen molar-refractivity contribution in [2.75, 3.05) is 0 Å². The van der Waals surface area contributed by atoms with Crippen LogP contribution in [0.4, 0.5) is 4.79 Å². The van der Waals surface area contributed by atoms with Crippen LogP contribution in [0.5, 0.6) is 0 Å². The quantitative estimate of drug-likeness (QED) is 0.584. The Morgan fingerprint density at radius 2 is 2.31 bits per heavy atom. The lowest BCUT2D eigenvalue weighted by atomic mass is 10.0. The van der Waals surface area contributed by atoms with E-state index in [0.717, 1.165) is 0 Å². The molecule has 1 aromatic heterocycles. The highest BCUT2D eigenvalue weighted by atomic mass is 16.3. The summed E-state index contributed by atoms with van der Waals surface area (Å²) >= 11 is 0. The van der Waals surface area contributed by atoms with Crippen molar-refractivity contribution in [1.82, 2.24) is 15.6 Å². The largest absolute Gasteiger partial charge is 0.446 e. The van der Waals surface area contributed by atoms with Gasteiger partial charge in [0.1, 0.15) is 6.26 Å². The van der Waals surface area contributed by atoms with Crippen molar-refractivity contribution in [3.8, 4) is 0 Å². The first-order chi connectivity index (χ1) is 6.13. The van der Waals surface area contributed by atoms with Gasteiger partial charge < -0.3 is 9.73 Å². The van der Waals surface area contributed by atoms with Gasteiger partial charge in [0, 0.05) is 0 Å². The zero-order valence-electron chi connectivity index (χ0n) is 6.83. The van der Waals surface area contributed by atoms with Gasteiger partial charge in [-0.2, -0.15) is 0 Å². The van der Waals surface area contributed by atoms with Gasteiger partial charge in [0.25, 0.3) is 5.91 Å². The van der Waals surface area contributed by atoms with E-state index >= 15 is 0 Å². The van der Waals surface area contributed by atoms with Crippen LogP contribution in [0.1, 0.15) is 12.8 Å². The zero-order chi connectivity index (χ0) is 9.47. The van der Waals surface area contributed by atoms with Crippen LogP contribution in [0.2, 0.25) is 0 Å². The maximum Gasteiger partial charge on any atom is 0.322 e. The summed E-state index contributed by atoms with van der Waals surface area (Å²) in [5.41, 5.74) is -1.18. The summed E-state index contributed by atoms with van der Waals surface area (Å²) in [5.74, 6) is -0.282. The van der Waals surface area contributed by atoms with Crippen LogP contribution in [0.25, 0.3) is 0 Å². The first kappa shape index (κ1) is 7.78. The Hall–Kier alpha value is -1.85. The molecule has 2 rings (SSSR count). The van der Waals surface area contributed by atoms with Crippen molar-refractivity contribution in [3.05, 3.63) is 18.4 Å². The third-order valence-corrected chi connectivity index (χ3v) is 1.90. The molecule has 0 radical (unpaired) electrons. The third kappa shape index (κ3) is 0.986. The van der Waals surface area contributed by atoms with Gasteiger partial charge in [-0.3, -0.25) is 10.1 Å². The highest BCUT2D eigenvalue weighted by Gasteiger charge is 2.47. The lowest BCUT2D eigenvalue weighted by Gasteiger charge is -2.14. The lowest BCUT2D eigenvalue weighted by molar-refractivity contribution is -0.124. The van der Waals surface area contributed by atoms with E-state index in [9.17, 15) is 9.59 Å². The number of hydrogen-bond acceptors (Lipinski definition) is 4. The number of carbonyl (C=O) groups excluding carboxylic acids is 2. The first-order valence-corrected chi connectivity index (χ1v) is 3.66.